The molecule has 2 aromatic carbocycles. The number of carbonyl (C=O) groups is 2. The lowest BCUT2D eigenvalue weighted by Crippen LogP contribution is -2.40. The Kier molecular flexibility index (Phi) is 7.41. The first-order valence-electron chi connectivity index (χ1n) is 9.29. The van der Waals surface area contributed by atoms with Crippen molar-refractivity contribution < 1.29 is 14.7 Å². The second kappa shape index (κ2) is 9.76. The van der Waals surface area contributed by atoms with Crippen LogP contribution in [0.1, 0.15) is 49.3 Å². The molecule has 0 fully saturated rings. The highest BCUT2D eigenvalue weighted by atomic mass is 16.4. The van der Waals surface area contributed by atoms with Gasteiger partial charge >= 0.3 is 12.0 Å². The fraction of sp³-hybridized carbons (Fsp3) is 0.364. The molecular weight excluding hydrogens is 340 g/mol. The highest BCUT2D eigenvalue weighted by Crippen LogP contribution is 2.27. The average molecular weight is 368 g/mol. The second-order valence-electron chi connectivity index (χ2n) is 7.11. The summed E-state index contributed by atoms with van der Waals surface area (Å²) in [6.07, 6.45) is 0.980. The van der Waals surface area contributed by atoms with Crippen molar-refractivity contribution in [3.05, 3.63) is 65.2 Å². The van der Waals surface area contributed by atoms with Crippen LogP contribution in [0.25, 0.3) is 0 Å². The highest BCUT2D eigenvalue weighted by molar-refractivity contribution is 5.91. The van der Waals surface area contributed by atoms with Gasteiger partial charge in [-0.2, -0.15) is 0 Å². The number of anilines is 1. The minimum atomic E-state index is -0.865. The number of amides is 2. The lowest BCUT2D eigenvalue weighted by molar-refractivity contribution is -0.137. The second-order valence-corrected chi connectivity index (χ2v) is 7.11. The van der Waals surface area contributed by atoms with Crippen molar-refractivity contribution >= 4 is 17.7 Å². The van der Waals surface area contributed by atoms with Gasteiger partial charge in [0.05, 0.1) is 0 Å². The van der Waals surface area contributed by atoms with Crippen LogP contribution in [0, 0.1) is 6.92 Å². The molecule has 3 N–H and O–H groups in total. The van der Waals surface area contributed by atoms with Crippen molar-refractivity contribution in [1.29, 1.82) is 0 Å². The summed E-state index contributed by atoms with van der Waals surface area (Å²) in [4.78, 5) is 23.6. The van der Waals surface area contributed by atoms with Gasteiger partial charge in [0.25, 0.3) is 0 Å². The molecule has 5 heteroatoms. The Balaban J connectivity index is 2.10. The van der Waals surface area contributed by atoms with Crippen molar-refractivity contribution in [3.63, 3.8) is 0 Å². The zero-order chi connectivity index (χ0) is 19.8. The standard InChI is InChI=1S/C22H28N2O3/c1-15(2)19-11-7-8-16(3)21(19)24-22(27)23-18(12-13-20(25)26)14-17-9-5-4-6-10-17/h4-11,15,18H,12-14H2,1-3H3,(H,25,26)(H2,23,24,27). The number of rotatable bonds is 8. The summed E-state index contributed by atoms with van der Waals surface area (Å²) in [5.41, 5.74) is 3.96. The minimum Gasteiger partial charge on any atom is -0.481 e. The number of nitrogens with one attached hydrogen (secondary N) is 2. The monoisotopic (exact) mass is 368 g/mol. The Morgan fingerprint density at radius 3 is 2.37 bits per heavy atom. The lowest BCUT2D eigenvalue weighted by atomic mass is 9.98. The minimum absolute atomic E-state index is 0.0133. The van der Waals surface area contributed by atoms with Crippen LogP contribution in [-0.2, 0) is 11.2 Å². The normalized spacial score (nSPS) is 11.9. The number of para-hydroxylation sites is 1. The van der Waals surface area contributed by atoms with Gasteiger partial charge in [0.1, 0.15) is 0 Å². The Morgan fingerprint density at radius 2 is 1.74 bits per heavy atom. The molecule has 1 atom stereocenters. The van der Waals surface area contributed by atoms with Crippen LogP contribution >= 0.6 is 0 Å². The maximum atomic E-state index is 12.6. The van der Waals surface area contributed by atoms with Crippen molar-refractivity contribution in [2.75, 3.05) is 5.32 Å². The summed E-state index contributed by atoms with van der Waals surface area (Å²) in [5, 5.41) is 14.9. The molecule has 27 heavy (non-hydrogen) atoms. The molecule has 2 aromatic rings. The summed E-state index contributed by atoms with van der Waals surface area (Å²) in [6, 6.07) is 15.2. The van der Waals surface area contributed by atoms with E-state index in [1.807, 2.05) is 55.5 Å². The van der Waals surface area contributed by atoms with E-state index in [-0.39, 0.29) is 24.4 Å². The molecular formula is C22H28N2O3. The van der Waals surface area contributed by atoms with E-state index < -0.39 is 5.97 Å². The van der Waals surface area contributed by atoms with E-state index >= 15 is 0 Å². The molecule has 0 aromatic heterocycles. The molecule has 0 aliphatic carbocycles. The van der Waals surface area contributed by atoms with Crippen molar-refractivity contribution in [2.45, 2.75) is 52.0 Å². The molecule has 2 amide bonds. The molecule has 0 bridgehead atoms. The molecule has 2 rings (SSSR count). The number of carboxylic acid groups (broad SMARTS) is 1. The van der Waals surface area contributed by atoms with Crippen molar-refractivity contribution in [2.24, 2.45) is 0 Å². The van der Waals surface area contributed by atoms with Crippen LogP contribution in [0.2, 0.25) is 0 Å². The van der Waals surface area contributed by atoms with E-state index in [9.17, 15) is 9.59 Å². The summed E-state index contributed by atoms with van der Waals surface area (Å²) < 4.78 is 0. The van der Waals surface area contributed by atoms with Crippen LogP contribution in [-0.4, -0.2) is 23.1 Å². The van der Waals surface area contributed by atoms with Crippen molar-refractivity contribution in [3.8, 4) is 0 Å². The quantitative estimate of drug-likeness (QED) is 0.631. The van der Waals surface area contributed by atoms with Gasteiger partial charge in [-0.1, -0.05) is 62.4 Å². The predicted octanol–water partition coefficient (Wildman–Crippen LogP) is 4.72. The Hall–Kier alpha value is -2.82. The molecule has 0 saturated carbocycles. The summed E-state index contributed by atoms with van der Waals surface area (Å²) >= 11 is 0. The van der Waals surface area contributed by atoms with Gasteiger partial charge in [-0.05, 0) is 42.4 Å². The third-order valence-corrected chi connectivity index (χ3v) is 4.53. The van der Waals surface area contributed by atoms with E-state index in [1.54, 1.807) is 0 Å². The molecule has 144 valence electrons. The third-order valence-electron chi connectivity index (χ3n) is 4.53. The largest absolute Gasteiger partial charge is 0.481 e. The van der Waals surface area contributed by atoms with E-state index in [0.29, 0.717) is 12.8 Å². The number of hydrogen-bond acceptors (Lipinski definition) is 2. The zero-order valence-electron chi connectivity index (χ0n) is 16.2. The molecule has 0 aliphatic rings. The van der Waals surface area contributed by atoms with Gasteiger partial charge in [-0.25, -0.2) is 4.79 Å². The van der Waals surface area contributed by atoms with Gasteiger partial charge < -0.3 is 15.7 Å². The zero-order valence-corrected chi connectivity index (χ0v) is 16.2. The summed E-state index contributed by atoms with van der Waals surface area (Å²) in [7, 11) is 0. The summed E-state index contributed by atoms with van der Waals surface area (Å²) in [5.74, 6) is -0.580. The van der Waals surface area contributed by atoms with Gasteiger partial charge in [-0.15, -0.1) is 0 Å². The predicted molar refractivity (Wildman–Crippen MR) is 108 cm³/mol. The summed E-state index contributed by atoms with van der Waals surface area (Å²) in [6.45, 7) is 6.14. The van der Waals surface area contributed by atoms with E-state index in [1.165, 1.54) is 0 Å². The van der Waals surface area contributed by atoms with Crippen LogP contribution in [0.15, 0.2) is 48.5 Å². The Labute approximate surface area is 160 Å². The maximum absolute atomic E-state index is 12.6. The fourth-order valence-corrected chi connectivity index (χ4v) is 3.10. The first kappa shape index (κ1) is 20.5. The number of aliphatic carboxylic acids is 1. The number of hydrogen-bond donors (Lipinski definition) is 3. The first-order valence-corrected chi connectivity index (χ1v) is 9.29. The molecule has 0 heterocycles. The van der Waals surface area contributed by atoms with E-state index in [4.69, 9.17) is 5.11 Å². The van der Waals surface area contributed by atoms with Crippen LogP contribution < -0.4 is 10.6 Å². The Morgan fingerprint density at radius 1 is 1.04 bits per heavy atom. The van der Waals surface area contributed by atoms with Crippen LogP contribution in [0.3, 0.4) is 0 Å². The molecule has 0 saturated heterocycles. The number of benzene rings is 2. The first-order chi connectivity index (χ1) is 12.9. The number of urea groups is 1. The highest BCUT2D eigenvalue weighted by Gasteiger charge is 2.17. The van der Waals surface area contributed by atoms with Crippen LogP contribution in [0.5, 0.6) is 0 Å². The lowest BCUT2D eigenvalue weighted by Gasteiger charge is -2.21. The molecule has 0 radical (unpaired) electrons. The van der Waals surface area contributed by atoms with E-state index in [0.717, 1.165) is 22.4 Å². The van der Waals surface area contributed by atoms with Gasteiger partial charge in [-0.3, -0.25) is 4.79 Å². The molecule has 0 aliphatic heterocycles. The molecule has 5 nitrogen and oxygen atoms in total. The Bertz CT molecular complexity index is 772. The van der Waals surface area contributed by atoms with Crippen LogP contribution in [0.4, 0.5) is 10.5 Å². The van der Waals surface area contributed by atoms with Gasteiger partial charge in [0.15, 0.2) is 0 Å². The van der Waals surface area contributed by atoms with E-state index in [2.05, 4.69) is 24.5 Å². The third kappa shape index (κ3) is 6.44. The molecule has 1 unspecified atom stereocenters. The van der Waals surface area contributed by atoms with Crippen molar-refractivity contribution in [1.82, 2.24) is 5.32 Å². The number of carbonyl (C=O) groups excluding carboxylic acids is 1. The van der Waals surface area contributed by atoms with Gasteiger partial charge in [0, 0.05) is 18.2 Å². The SMILES string of the molecule is Cc1cccc(C(C)C)c1NC(=O)NC(CCC(=O)O)Cc1ccccc1. The fourth-order valence-electron chi connectivity index (χ4n) is 3.10. The number of aryl methyl sites for hydroxylation is 1. The number of carboxylic acids is 1. The average Bonchev–Trinajstić information content (AvgIpc) is 2.62. The van der Waals surface area contributed by atoms with Gasteiger partial charge in [0.2, 0.25) is 0 Å². The molecule has 0 spiro atoms. The topological polar surface area (TPSA) is 78.4 Å². The maximum Gasteiger partial charge on any atom is 0.319 e. The smallest absolute Gasteiger partial charge is 0.319 e.